The first-order valence-electron chi connectivity index (χ1n) is 8.59. The van der Waals surface area contributed by atoms with Crippen LogP contribution >= 0.6 is 0 Å². The molecule has 1 aliphatic carbocycles. The zero-order valence-electron chi connectivity index (χ0n) is 14.4. The largest absolute Gasteiger partial charge is 0.455 e. The van der Waals surface area contributed by atoms with Gasteiger partial charge in [-0.15, -0.1) is 0 Å². The number of carbonyl (C=O) groups is 2. The molecular formula is C19H27NO3. The first kappa shape index (κ1) is 17.5. The van der Waals surface area contributed by atoms with Crippen molar-refractivity contribution in [3.05, 3.63) is 34.9 Å². The fourth-order valence-electron chi connectivity index (χ4n) is 2.83. The lowest BCUT2D eigenvalue weighted by atomic mass is 9.89. The summed E-state index contributed by atoms with van der Waals surface area (Å²) < 4.78 is 5.03. The van der Waals surface area contributed by atoms with E-state index in [2.05, 4.69) is 23.5 Å². The molecule has 0 bridgehead atoms. The van der Waals surface area contributed by atoms with Gasteiger partial charge < -0.3 is 10.1 Å². The Bertz CT molecular complexity index is 568. The minimum Gasteiger partial charge on any atom is -0.455 e. The van der Waals surface area contributed by atoms with Gasteiger partial charge in [-0.3, -0.25) is 9.59 Å². The molecule has 1 aromatic carbocycles. The van der Waals surface area contributed by atoms with E-state index in [0.717, 1.165) is 18.4 Å². The third-order valence-corrected chi connectivity index (χ3v) is 4.61. The van der Waals surface area contributed by atoms with Crippen molar-refractivity contribution in [2.75, 3.05) is 6.61 Å². The molecule has 1 aromatic rings. The van der Waals surface area contributed by atoms with Crippen LogP contribution in [0, 0.1) is 5.92 Å². The van der Waals surface area contributed by atoms with Crippen molar-refractivity contribution in [1.29, 1.82) is 0 Å². The van der Waals surface area contributed by atoms with Gasteiger partial charge in [0.1, 0.15) is 0 Å². The molecule has 2 rings (SSSR count). The molecule has 1 aliphatic rings. The normalized spacial score (nSPS) is 16.1. The third kappa shape index (κ3) is 4.81. The molecular weight excluding hydrogens is 290 g/mol. The molecule has 0 heterocycles. The number of carbonyl (C=O) groups excluding carboxylic acids is 2. The molecule has 0 saturated carbocycles. The summed E-state index contributed by atoms with van der Waals surface area (Å²) in [6.07, 6.45) is 5.49. The number of hydrogen-bond donors (Lipinski definition) is 1. The minimum atomic E-state index is -0.316. The van der Waals surface area contributed by atoms with E-state index in [1.807, 2.05) is 13.8 Å². The second-order valence-electron chi connectivity index (χ2n) is 6.44. The van der Waals surface area contributed by atoms with E-state index in [-0.39, 0.29) is 30.4 Å². The molecule has 4 nitrogen and oxygen atoms in total. The molecule has 126 valence electrons. The Balaban J connectivity index is 1.87. The predicted octanol–water partition coefficient (Wildman–Crippen LogP) is 3.33. The second kappa shape index (κ2) is 8.14. The van der Waals surface area contributed by atoms with E-state index in [1.54, 1.807) is 6.92 Å². The summed E-state index contributed by atoms with van der Waals surface area (Å²) in [5.41, 5.74) is 3.94. The number of rotatable bonds is 6. The van der Waals surface area contributed by atoms with Crippen molar-refractivity contribution in [2.45, 2.75) is 58.9 Å². The second-order valence-corrected chi connectivity index (χ2v) is 6.44. The van der Waals surface area contributed by atoms with Gasteiger partial charge in [-0.2, -0.15) is 0 Å². The highest BCUT2D eigenvalue weighted by atomic mass is 16.5. The number of amides is 1. The maximum absolute atomic E-state index is 11.9. The Morgan fingerprint density at radius 3 is 2.57 bits per heavy atom. The van der Waals surface area contributed by atoms with Crippen molar-refractivity contribution < 1.29 is 14.3 Å². The van der Waals surface area contributed by atoms with Gasteiger partial charge in [0.15, 0.2) is 6.61 Å². The van der Waals surface area contributed by atoms with Crippen LogP contribution in [-0.2, 0) is 27.2 Å². The molecule has 0 radical (unpaired) electrons. The molecule has 2 unspecified atom stereocenters. The number of benzene rings is 1. The summed E-state index contributed by atoms with van der Waals surface area (Å²) in [5.74, 6) is -0.739. The molecule has 0 aromatic heterocycles. The first-order valence-corrected chi connectivity index (χ1v) is 8.59. The smallest absolute Gasteiger partial charge is 0.309 e. The molecule has 0 fully saturated rings. The maximum atomic E-state index is 11.9. The fraction of sp³-hybridized carbons (Fsp3) is 0.579. The summed E-state index contributed by atoms with van der Waals surface area (Å²) >= 11 is 0. The van der Waals surface area contributed by atoms with Crippen LogP contribution in [0.3, 0.4) is 0 Å². The van der Waals surface area contributed by atoms with Gasteiger partial charge in [-0.25, -0.2) is 0 Å². The zero-order valence-corrected chi connectivity index (χ0v) is 14.4. The third-order valence-electron chi connectivity index (χ3n) is 4.61. The van der Waals surface area contributed by atoms with Gasteiger partial charge in [-0.1, -0.05) is 32.0 Å². The van der Waals surface area contributed by atoms with Crippen LogP contribution in [0.2, 0.25) is 0 Å². The summed E-state index contributed by atoms with van der Waals surface area (Å²) in [6, 6.07) is 6.37. The summed E-state index contributed by atoms with van der Waals surface area (Å²) in [6.45, 7) is 5.47. The SMILES string of the molecule is CCC(C)C(=O)OCC(=O)NC(C)c1ccc2c(c1)CCCC2. The van der Waals surface area contributed by atoms with Gasteiger partial charge in [0, 0.05) is 0 Å². The van der Waals surface area contributed by atoms with E-state index in [0.29, 0.717) is 6.42 Å². The molecule has 0 saturated heterocycles. The molecule has 1 amide bonds. The van der Waals surface area contributed by atoms with Crippen LogP contribution < -0.4 is 5.32 Å². The number of hydrogen-bond acceptors (Lipinski definition) is 3. The van der Waals surface area contributed by atoms with Crippen LogP contribution in [0.15, 0.2) is 18.2 Å². The highest BCUT2D eigenvalue weighted by Gasteiger charge is 2.16. The summed E-state index contributed by atoms with van der Waals surface area (Å²) in [5, 5.41) is 2.90. The zero-order chi connectivity index (χ0) is 16.8. The lowest BCUT2D eigenvalue weighted by Crippen LogP contribution is -2.32. The van der Waals surface area contributed by atoms with Crippen LogP contribution in [0.25, 0.3) is 0 Å². The van der Waals surface area contributed by atoms with Gasteiger partial charge in [0.25, 0.3) is 5.91 Å². The highest BCUT2D eigenvalue weighted by Crippen LogP contribution is 2.24. The number of nitrogens with one attached hydrogen (secondary N) is 1. The van der Waals surface area contributed by atoms with E-state index in [9.17, 15) is 9.59 Å². The van der Waals surface area contributed by atoms with Crippen LogP contribution in [0.5, 0.6) is 0 Å². The fourth-order valence-corrected chi connectivity index (χ4v) is 2.83. The van der Waals surface area contributed by atoms with Gasteiger partial charge in [0.2, 0.25) is 0 Å². The van der Waals surface area contributed by atoms with E-state index in [1.165, 1.54) is 24.0 Å². The van der Waals surface area contributed by atoms with Crippen LogP contribution in [0.1, 0.15) is 62.8 Å². The monoisotopic (exact) mass is 317 g/mol. The summed E-state index contributed by atoms with van der Waals surface area (Å²) in [4.78, 5) is 23.5. The molecule has 1 N–H and O–H groups in total. The Labute approximate surface area is 138 Å². The molecule has 0 aliphatic heterocycles. The van der Waals surface area contributed by atoms with Gasteiger partial charge in [0.05, 0.1) is 12.0 Å². The quantitative estimate of drug-likeness (QED) is 0.819. The van der Waals surface area contributed by atoms with Crippen molar-refractivity contribution in [3.8, 4) is 0 Å². The Kier molecular flexibility index (Phi) is 6.20. The Hall–Kier alpha value is -1.84. The lowest BCUT2D eigenvalue weighted by Gasteiger charge is -2.20. The molecule has 2 atom stereocenters. The standard InChI is InChI=1S/C19H27NO3/c1-4-13(2)19(22)23-12-18(21)20-14(3)16-10-9-15-7-5-6-8-17(15)11-16/h9-11,13-14H,4-8,12H2,1-3H3,(H,20,21). The van der Waals surface area contributed by atoms with E-state index >= 15 is 0 Å². The molecule has 0 spiro atoms. The number of aryl methyl sites for hydroxylation is 2. The van der Waals surface area contributed by atoms with Crippen LogP contribution in [0.4, 0.5) is 0 Å². The van der Waals surface area contributed by atoms with Gasteiger partial charge >= 0.3 is 5.97 Å². The topological polar surface area (TPSA) is 55.4 Å². The highest BCUT2D eigenvalue weighted by molar-refractivity contribution is 5.81. The minimum absolute atomic E-state index is 0.0861. The van der Waals surface area contributed by atoms with Gasteiger partial charge in [-0.05, 0) is 55.7 Å². The first-order chi connectivity index (χ1) is 11.0. The number of fused-ring (bicyclic) bond motifs is 1. The predicted molar refractivity (Wildman–Crippen MR) is 90.1 cm³/mol. The van der Waals surface area contributed by atoms with E-state index < -0.39 is 0 Å². The maximum Gasteiger partial charge on any atom is 0.309 e. The molecule has 4 heteroatoms. The van der Waals surface area contributed by atoms with E-state index in [4.69, 9.17) is 4.74 Å². The van der Waals surface area contributed by atoms with Crippen molar-refractivity contribution >= 4 is 11.9 Å². The average Bonchev–Trinajstić information content (AvgIpc) is 2.58. The number of ether oxygens (including phenoxy) is 1. The van der Waals surface area contributed by atoms with Crippen molar-refractivity contribution in [2.24, 2.45) is 5.92 Å². The summed E-state index contributed by atoms with van der Waals surface area (Å²) in [7, 11) is 0. The van der Waals surface area contributed by atoms with Crippen molar-refractivity contribution in [1.82, 2.24) is 5.32 Å². The average molecular weight is 317 g/mol. The lowest BCUT2D eigenvalue weighted by molar-refractivity contribution is -0.152. The van der Waals surface area contributed by atoms with Crippen molar-refractivity contribution in [3.63, 3.8) is 0 Å². The Morgan fingerprint density at radius 1 is 1.17 bits per heavy atom. The number of esters is 1. The molecule has 23 heavy (non-hydrogen) atoms. The van der Waals surface area contributed by atoms with Crippen LogP contribution in [-0.4, -0.2) is 18.5 Å². The Morgan fingerprint density at radius 2 is 1.87 bits per heavy atom.